The van der Waals surface area contributed by atoms with Crippen LogP contribution in [-0.4, -0.2) is 43.7 Å². The van der Waals surface area contributed by atoms with E-state index in [1.54, 1.807) is 26.0 Å². The maximum atomic E-state index is 12.9. The topological polar surface area (TPSA) is 86.8 Å². The third-order valence-electron chi connectivity index (χ3n) is 5.57. The number of benzene rings is 2. The Morgan fingerprint density at radius 3 is 2.45 bits per heavy atom. The van der Waals surface area contributed by atoms with Gasteiger partial charge in [0.05, 0.1) is 4.90 Å². The van der Waals surface area contributed by atoms with E-state index in [9.17, 15) is 18.0 Å². The molecular weight excluding hydrogens is 414 g/mol. The normalized spacial score (nSPS) is 15.8. The van der Waals surface area contributed by atoms with E-state index in [4.69, 9.17) is 0 Å². The fraction of sp³-hybridized carbons (Fsp3) is 0.391. The van der Waals surface area contributed by atoms with Gasteiger partial charge >= 0.3 is 0 Å². The van der Waals surface area contributed by atoms with Gasteiger partial charge in [0.25, 0.3) is 0 Å². The lowest BCUT2D eigenvalue weighted by Gasteiger charge is -2.23. The molecule has 7 nitrogen and oxygen atoms in total. The lowest BCUT2D eigenvalue weighted by molar-refractivity contribution is -0.125. The highest BCUT2D eigenvalue weighted by Gasteiger charge is 2.37. The summed E-state index contributed by atoms with van der Waals surface area (Å²) in [4.78, 5) is 26.9. The predicted molar refractivity (Wildman–Crippen MR) is 120 cm³/mol. The second-order valence-electron chi connectivity index (χ2n) is 7.70. The molecule has 1 unspecified atom stereocenters. The van der Waals surface area contributed by atoms with Crippen LogP contribution in [0.15, 0.2) is 47.4 Å². The van der Waals surface area contributed by atoms with Gasteiger partial charge in [-0.2, -0.15) is 4.31 Å². The molecule has 1 heterocycles. The minimum Gasteiger partial charge on any atom is -0.350 e. The third-order valence-corrected chi connectivity index (χ3v) is 7.62. The van der Waals surface area contributed by atoms with Gasteiger partial charge < -0.3 is 5.32 Å². The minimum atomic E-state index is -3.62. The number of carbonyl (C=O) groups excluding carboxylic acids is 2. The number of rotatable bonds is 7. The first kappa shape index (κ1) is 23.0. The van der Waals surface area contributed by atoms with Crippen molar-refractivity contribution >= 4 is 27.5 Å². The Labute approximate surface area is 184 Å². The number of nitrogens with one attached hydrogen (secondary N) is 1. The van der Waals surface area contributed by atoms with Crippen molar-refractivity contribution < 1.29 is 18.0 Å². The van der Waals surface area contributed by atoms with Crippen molar-refractivity contribution in [2.45, 2.75) is 51.6 Å². The Balaban J connectivity index is 1.84. The van der Waals surface area contributed by atoms with Crippen molar-refractivity contribution in [3.63, 3.8) is 0 Å². The van der Waals surface area contributed by atoms with Crippen molar-refractivity contribution in [3.05, 3.63) is 59.2 Å². The van der Waals surface area contributed by atoms with Crippen LogP contribution >= 0.6 is 0 Å². The quantitative estimate of drug-likeness (QED) is 0.713. The maximum absolute atomic E-state index is 12.9. The van der Waals surface area contributed by atoms with Crippen LogP contribution < -0.4 is 10.2 Å². The van der Waals surface area contributed by atoms with Gasteiger partial charge in [0.2, 0.25) is 21.8 Å². The summed E-state index contributed by atoms with van der Waals surface area (Å²) in [6.07, 6.45) is 0.274. The van der Waals surface area contributed by atoms with Crippen LogP contribution in [0, 0.1) is 6.92 Å². The summed E-state index contributed by atoms with van der Waals surface area (Å²) in [5, 5.41) is 2.91. The molecule has 0 fully saturated rings. The van der Waals surface area contributed by atoms with E-state index in [1.807, 2.05) is 31.2 Å². The molecule has 0 radical (unpaired) electrons. The number of hydrogen-bond donors (Lipinski definition) is 1. The zero-order valence-electron chi connectivity index (χ0n) is 18.4. The van der Waals surface area contributed by atoms with Crippen LogP contribution in [0.5, 0.6) is 0 Å². The summed E-state index contributed by atoms with van der Waals surface area (Å²) < 4.78 is 27.1. The summed E-state index contributed by atoms with van der Waals surface area (Å²) in [5.41, 5.74) is 3.35. The Morgan fingerprint density at radius 1 is 1.13 bits per heavy atom. The maximum Gasteiger partial charge on any atom is 0.243 e. The SMILES string of the molecule is CCN(CC)S(=O)(=O)c1ccc2c(c1)CC(C(=O)NCc1cccc(C)c1)N2C(C)=O. The lowest BCUT2D eigenvalue weighted by Crippen LogP contribution is -2.47. The van der Waals surface area contributed by atoms with E-state index in [2.05, 4.69) is 5.32 Å². The third kappa shape index (κ3) is 4.65. The predicted octanol–water partition coefficient (Wildman–Crippen LogP) is 2.62. The van der Waals surface area contributed by atoms with Crippen LogP contribution in [0.1, 0.15) is 37.5 Å². The largest absolute Gasteiger partial charge is 0.350 e. The molecule has 3 rings (SSSR count). The molecule has 0 spiro atoms. The summed E-state index contributed by atoms with van der Waals surface area (Å²) in [7, 11) is -3.62. The lowest BCUT2D eigenvalue weighted by atomic mass is 10.1. The molecule has 0 bridgehead atoms. The first-order valence-electron chi connectivity index (χ1n) is 10.4. The van der Waals surface area contributed by atoms with E-state index in [0.717, 1.165) is 11.1 Å². The molecule has 2 aromatic rings. The minimum absolute atomic E-state index is 0.180. The van der Waals surface area contributed by atoms with E-state index in [1.165, 1.54) is 22.2 Å². The first-order chi connectivity index (χ1) is 14.7. The number of sulfonamides is 1. The van der Waals surface area contributed by atoms with E-state index in [-0.39, 0.29) is 23.1 Å². The van der Waals surface area contributed by atoms with Gasteiger partial charge in [-0.05, 0) is 36.2 Å². The number of amides is 2. The molecule has 8 heteroatoms. The number of hydrogen-bond acceptors (Lipinski definition) is 4. The molecule has 1 aliphatic rings. The average Bonchev–Trinajstić information content (AvgIpc) is 3.12. The molecule has 31 heavy (non-hydrogen) atoms. The molecule has 0 saturated heterocycles. The number of nitrogens with zero attached hydrogens (tertiary/aromatic N) is 2. The average molecular weight is 444 g/mol. The zero-order valence-corrected chi connectivity index (χ0v) is 19.2. The smallest absolute Gasteiger partial charge is 0.243 e. The van der Waals surface area contributed by atoms with Gasteiger partial charge in [-0.15, -0.1) is 0 Å². The highest BCUT2D eigenvalue weighted by molar-refractivity contribution is 7.89. The molecule has 166 valence electrons. The molecular formula is C23H29N3O4S. The second kappa shape index (κ2) is 9.20. The van der Waals surface area contributed by atoms with Crippen LogP contribution in [0.2, 0.25) is 0 Å². The molecule has 2 aromatic carbocycles. The van der Waals surface area contributed by atoms with Crippen LogP contribution in [0.4, 0.5) is 5.69 Å². The second-order valence-corrected chi connectivity index (χ2v) is 9.63. The van der Waals surface area contributed by atoms with Crippen molar-refractivity contribution in [2.75, 3.05) is 18.0 Å². The van der Waals surface area contributed by atoms with E-state index >= 15 is 0 Å². The number of fused-ring (bicyclic) bond motifs is 1. The van der Waals surface area contributed by atoms with Crippen molar-refractivity contribution in [2.24, 2.45) is 0 Å². The van der Waals surface area contributed by atoms with Gasteiger partial charge in [-0.25, -0.2) is 8.42 Å². The highest BCUT2D eigenvalue weighted by Crippen LogP contribution is 2.35. The summed E-state index contributed by atoms with van der Waals surface area (Å²) in [6, 6.07) is 11.9. The van der Waals surface area contributed by atoms with Crippen molar-refractivity contribution in [1.29, 1.82) is 0 Å². The summed E-state index contributed by atoms with van der Waals surface area (Å²) in [5.74, 6) is -0.519. The molecule has 0 saturated carbocycles. The van der Waals surface area contributed by atoms with Crippen molar-refractivity contribution in [1.82, 2.24) is 9.62 Å². The molecule has 1 atom stereocenters. The monoisotopic (exact) mass is 443 g/mol. The van der Waals surface area contributed by atoms with E-state index < -0.39 is 16.1 Å². The molecule has 1 aliphatic heterocycles. The highest BCUT2D eigenvalue weighted by atomic mass is 32.2. The van der Waals surface area contributed by atoms with Gasteiger partial charge in [0.15, 0.2) is 0 Å². The van der Waals surface area contributed by atoms with Gasteiger partial charge in [-0.1, -0.05) is 43.7 Å². The van der Waals surface area contributed by atoms with Gasteiger partial charge in [0.1, 0.15) is 6.04 Å². The molecule has 2 amide bonds. The van der Waals surface area contributed by atoms with E-state index in [0.29, 0.717) is 30.9 Å². The Hall–Kier alpha value is -2.71. The first-order valence-corrected chi connectivity index (χ1v) is 11.9. The van der Waals surface area contributed by atoms with Gasteiger partial charge in [0, 0.05) is 38.7 Å². The number of carbonyl (C=O) groups is 2. The molecule has 0 aromatic heterocycles. The van der Waals surface area contributed by atoms with Gasteiger partial charge in [-0.3, -0.25) is 14.5 Å². The fourth-order valence-electron chi connectivity index (χ4n) is 4.03. The number of aryl methyl sites for hydroxylation is 1. The standard InChI is InChI=1S/C23H29N3O4S/c1-5-25(6-2)31(29,30)20-10-11-21-19(13-20)14-22(26(21)17(4)27)23(28)24-15-18-9-7-8-16(3)12-18/h7-13,22H,5-6,14-15H2,1-4H3,(H,24,28). The fourth-order valence-corrected chi connectivity index (χ4v) is 5.54. The Bertz CT molecular complexity index is 1090. The molecule has 1 N–H and O–H groups in total. The summed E-state index contributed by atoms with van der Waals surface area (Å²) in [6.45, 7) is 8.09. The van der Waals surface area contributed by atoms with Crippen molar-refractivity contribution in [3.8, 4) is 0 Å². The molecule has 0 aliphatic carbocycles. The Kier molecular flexibility index (Phi) is 6.81. The van der Waals surface area contributed by atoms with Crippen LogP contribution in [-0.2, 0) is 32.6 Å². The number of anilines is 1. The zero-order chi connectivity index (χ0) is 22.8. The van der Waals surface area contributed by atoms with Crippen LogP contribution in [0.3, 0.4) is 0 Å². The Morgan fingerprint density at radius 2 is 1.84 bits per heavy atom. The summed E-state index contributed by atoms with van der Waals surface area (Å²) >= 11 is 0. The van der Waals surface area contributed by atoms with Crippen LogP contribution in [0.25, 0.3) is 0 Å².